The highest BCUT2D eigenvalue weighted by atomic mass is 15.2. The number of hydrogen-bond donors (Lipinski definition) is 3. The van der Waals surface area contributed by atoms with Gasteiger partial charge in [-0.15, -0.1) is 0 Å². The maximum absolute atomic E-state index is 9.13. The number of rotatable bonds is 8. The number of para-hydroxylation sites is 1. The van der Waals surface area contributed by atoms with Crippen LogP contribution in [0.25, 0.3) is 16.5 Å². The van der Waals surface area contributed by atoms with Gasteiger partial charge in [0.05, 0.1) is 23.1 Å². The van der Waals surface area contributed by atoms with Crippen molar-refractivity contribution in [2.45, 2.75) is 31.8 Å². The molecule has 0 saturated carbocycles. The summed E-state index contributed by atoms with van der Waals surface area (Å²) in [6.07, 6.45) is 6.89. The molecule has 0 aromatic heterocycles. The molecule has 1 heterocycles. The first-order chi connectivity index (χ1) is 14.3. The van der Waals surface area contributed by atoms with Crippen LogP contribution in [0, 0.1) is 11.3 Å². The van der Waals surface area contributed by atoms with Crippen LogP contribution in [0.15, 0.2) is 72.9 Å². The van der Waals surface area contributed by atoms with Gasteiger partial charge >= 0.3 is 0 Å². The van der Waals surface area contributed by atoms with E-state index in [0.29, 0.717) is 11.7 Å². The predicted octanol–water partition coefficient (Wildman–Crippen LogP) is 5.20. The largest absolute Gasteiger partial charge is 0.384 e. The number of nitrogens with one attached hydrogen (secondary N) is 3. The first-order valence-corrected chi connectivity index (χ1v) is 10.3. The van der Waals surface area contributed by atoms with Crippen molar-refractivity contribution in [3.8, 4) is 6.07 Å². The fourth-order valence-corrected chi connectivity index (χ4v) is 3.74. The Morgan fingerprint density at radius 2 is 1.72 bits per heavy atom. The summed E-state index contributed by atoms with van der Waals surface area (Å²) in [5.74, 6) is 0. The fourth-order valence-electron chi connectivity index (χ4n) is 3.74. The summed E-state index contributed by atoms with van der Waals surface area (Å²) in [6, 6.07) is 24.9. The maximum atomic E-state index is 9.13. The second kappa shape index (κ2) is 9.16. The molecular weight excluding hydrogens is 356 g/mol. The summed E-state index contributed by atoms with van der Waals surface area (Å²) in [5, 5.41) is 22.1. The Hall–Kier alpha value is -3.45. The minimum atomic E-state index is 0.295. The molecule has 3 aromatic carbocycles. The second-order valence-electron chi connectivity index (χ2n) is 7.42. The molecule has 29 heavy (non-hydrogen) atoms. The van der Waals surface area contributed by atoms with E-state index in [9.17, 15) is 0 Å². The molecule has 0 saturated heterocycles. The predicted molar refractivity (Wildman–Crippen MR) is 120 cm³/mol. The van der Waals surface area contributed by atoms with E-state index in [1.807, 2.05) is 24.3 Å². The Bertz CT molecular complexity index is 1050. The van der Waals surface area contributed by atoms with Crippen LogP contribution in [0.2, 0.25) is 0 Å². The quantitative estimate of drug-likeness (QED) is 0.469. The summed E-state index contributed by atoms with van der Waals surface area (Å²) in [4.78, 5) is 0. The highest BCUT2D eigenvalue weighted by molar-refractivity contribution is 5.86. The van der Waals surface area contributed by atoms with Gasteiger partial charge in [-0.05, 0) is 53.8 Å². The van der Waals surface area contributed by atoms with E-state index in [1.165, 1.54) is 16.3 Å². The Morgan fingerprint density at radius 3 is 2.62 bits per heavy atom. The van der Waals surface area contributed by atoms with Gasteiger partial charge in [-0.2, -0.15) is 5.26 Å². The molecule has 0 fully saturated rings. The van der Waals surface area contributed by atoms with Crippen molar-refractivity contribution < 1.29 is 0 Å². The summed E-state index contributed by atoms with van der Waals surface area (Å²) < 4.78 is 0. The standard InChI is InChI=1S/C25H26N4/c26-17-22-10-5-6-11-23(22)27-15-7-1-2-12-25-28-18-24(29-25)21-14-13-19-8-3-4-9-20(19)16-21/h3-6,8-11,13-14,16,18,25,27-29H,1-2,7,12,15H2. The zero-order valence-corrected chi connectivity index (χ0v) is 16.5. The zero-order valence-electron chi connectivity index (χ0n) is 16.5. The van der Waals surface area contributed by atoms with Crippen LogP contribution in [0.3, 0.4) is 0 Å². The summed E-state index contributed by atoms with van der Waals surface area (Å²) >= 11 is 0. The molecule has 0 aliphatic carbocycles. The van der Waals surface area contributed by atoms with Gasteiger partial charge in [0.15, 0.2) is 0 Å². The van der Waals surface area contributed by atoms with Crippen LogP contribution in [-0.2, 0) is 0 Å². The Kier molecular flexibility index (Phi) is 5.97. The lowest BCUT2D eigenvalue weighted by molar-refractivity contribution is 0.496. The van der Waals surface area contributed by atoms with E-state index in [2.05, 4.69) is 70.7 Å². The fraction of sp³-hybridized carbons (Fsp3) is 0.240. The van der Waals surface area contributed by atoms with Crippen molar-refractivity contribution in [1.29, 1.82) is 5.26 Å². The average molecular weight is 383 g/mol. The lowest BCUT2D eigenvalue weighted by atomic mass is 10.1. The SMILES string of the molecule is N#Cc1ccccc1NCCCCCC1NC=C(c2ccc3ccccc3c2)N1. The summed E-state index contributed by atoms with van der Waals surface area (Å²) in [6.45, 7) is 0.894. The molecule has 0 bridgehead atoms. The number of fused-ring (bicyclic) bond motifs is 1. The maximum Gasteiger partial charge on any atom is 0.101 e. The van der Waals surface area contributed by atoms with Crippen molar-refractivity contribution in [3.63, 3.8) is 0 Å². The third-order valence-electron chi connectivity index (χ3n) is 5.35. The summed E-state index contributed by atoms with van der Waals surface area (Å²) in [7, 11) is 0. The third kappa shape index (κ3) is 4.70. The normalized spacial score (nSPS) is 15.3. The van der Waals surface area contributed by atoms with Gasteiger partial charge in [0.25, 0.3) is 0 Å². The van der Waals surface area contributed by atoms with Crippen LogP contribution in [0.5, 0.6) is 0 Å². The van der Waals surface area contributed by atoms with Crippen molar-refractivity contribution in [2.24, 2.45) is 0 Å². The molecule has 146 valence electrons. The van der Waals surface area contributed by atoms with Gasteiger partial charge in [0, 0.05) is 12.7 Å². The molecule has 0 radical (unpaired) electrons. The van der Waals surface area contributed by atoms with E-state index in [-0.39, 0.29) is 0 Å². The molecule has 3 aromatic rings. The molecule has 1 aliphatic heterocycles. The summed E-state index contributed by atoms with van der Waals surface area (Å²) in [5.41, 5.74) is 4.02. The Morgan fingerprint density at radius 1 is 0.897 bits per heavy atom. The van der Waals surface area contributed by atoms with Gasteiger partial charge in [-0.3, -0.25) is 0 Å². The van der Waals surface area contributed by atoms with Crippen molar-refractivity contribution in [2.75, 3.05) is 11.9 Å². The van der Waals surface area contributed by atoms with E-state index < -0.39 is 0 Å². The molecular formula is C25H26N4. The van der Waals surface area contributed by atoms with Crippen LogP contribution < -0.4 is 16.0 Å². The number of anilines is 1. The minimum absolute atomic E-state index is 0.295. The lowest BCUT2D eigenvalue weighted by Gasteiger charge is -2.14. The second-order valence-corrected chi connectivity index (χ2v) is 7.42. The Balaban J connectivity index is 1.18. The van der Waals surface area contributed by atoms with Crippen molar-refractivity contribution in [1.82, 2.24) is 10.6 Å². The number of nitrogens with zero attached hydrogens (tertiary/aromatic N) is 1. The van der Waals surface area contributed by atoms with E-state index in [4.69, 9.17) is 5.26 Å². The molecule has 1 aliphatic rings. The molecule has 1 unspecified atom stereocenters. The number of hydrogen-bond acceptors (Lipinski definition) is 4. The van der Waals surface area contributed by atoms with Gasteiger partial charge in [0.2, 0.25) is 0 Å². The van der Waals surface area contributed by atoms with Crippen LogP contribution >= 0.6 is 0 Å². The number of nitriles is 1. The van der Waals surface area contributed by atoms with E-state index >= 15 is 0 Å². The smallest absolute Gasteiger partial charge is 0.101 e. The number of benzene rings is 3. The molecule has 4 nitrogen and oxygen atoms in total. The first kappa shape index (κ1) is 18.9. The molecule has 4 rings (SSSR count). The molecule has 0 spiro atoms. The van der Waals surface area contributed by atoms with E-state index in [0.717, 1.165) is 43.6 Å². The van der Waals surface area contributed by atoms with Gasteiger partial charge in [-0.25, -0.2) is 0 Å². The van der Waals surface area contributed by atoms with Crippen LogP contribution in [0.1, 0.15) is 36.8 Å². The van der Waals surface area contributed by atoms with Crippen LogP contribution in [-0.4, -0.2) is 12.7 Å². The van der Waals surface area contributed by atoms with Crippen molar-refractivity contribution in [3.05, 3.63) is 84.1 Å². The van der Waals surface area contributed by atoms with Crippen molar-refractivity contribution >= 4 is 22.2 Å². The lowest BCUT2D eigenvalue weighted by Crippen LogP contribution is -2.31. The average Bonchev–Trinajstić information content (AvgIpc) is 3.25. The number of unbranched alkanes of at least 4 members (excludes halogenated alkanes) is 2. The van der Waals surface area contributed by atoms with Gasteiger partial charge in [0.1, 0.15) is 6.07 Å². The first-order valence-electron chi connectivity index (χ1n) is 10.3. The van der Waals surface area contributed by atoms with E-state index in [1.54, 1.807) is 0 Å². The minimum Gasteiger partial charge on any atom is -0.384 e. The van der Waals surface area contributed by atoms with Gasteiger partial charge in [-0.1, -0.05) is 55.0 Å². The highest BCUT2D eigenvalue weighted by Crippen LogP contribution is 2.22. The molecule has 3 N–H and O–H groups in total. The van der Waals surface area contributed by atoms with Crippen LogP contribution in [0.4, 0.5) is 5.69 Å². The third-order valence-corrected chi connectivity index (χ3v) is 5.35. The molecule has 0 amide bonds. The molecule has 1 atom stereocenters. The highest BCUT2D eigenvalue weighted by Gasteiger charge is 2.15. The molecule has 4 heteroatoms. The Labute approximate surface area is 172 Å². The monoisotopic (exact) mass is 382 g/mol. The zero-order chi connectivity index (χ0) is 19.9. The topological polar surface area (TPSA) is 59.9 Å². The van der Waals surface area contributed by atoms with Gasteiger partial charge < -0.3 is 16.0 Å².